The van der Waals surface area contributed by atoms with Crippen LogP contribution in [0.25, 0.3) is 0 Å². The standard InChI is InChI=1S/C19H23N3O3/c1-5-6-9-24-18-10-14(2)19(15(3)11-18)25-13-17-8-7-16(21-22-17)12-20-23-4/h5-8,10-12H,9,13H2,1-4H3/b6-5+,20-12+. The molecule has 0 atom stereocenters. The predicted molar refractivity (Wildman–Crippen MR) is 97.2 cm³/mol. The van der Waals surface area contributed by atoms with Crippen molar-refractivity contribution in [2.75, 3.05) is 13.7 Å². The highest BCUT2D eigenvalue weighted by molar-refractivity contribution is 5.75. The van der Waals surface area contributed by atoms with E-state index in [4.69, 9.17) is 9.47 Å². The summed E-state index contributed by atoms with van der Waals surface area (Å²) in [5.74, 6) is 1.67. The van der Waals surface area contributed by atoms with Gasteiger partial charge in [0.2, 0.25) is 0 Å². The number of aryl methyl sites for hydroxylation is 2. The minimum atomic E-state index is 0.342. The quantitative estimate of drug-likeness (QED) is 0.417. The molecule has 0 aliphatic rings. The van der Waals surface area contributed by atoms with E-state index in [-0.39, 0.29) is 0 Å². The number of nitrogens with zero attached hydrogens (tertiary/aromatic N) is 3. The van der Waals surface area contributed by atoms with Crippen molar-refractivity contribution >= 4 is 6.21 Å². The van der Waals surface area contributed by atoms with Gasteiger partial charge in [-0.25, -0.2) is 0 Å². The Bertz CT molecular complexity index is 717. The first-order valence-electron chi connectivity index (χ1n) is 8.01. The Hall–Kier alpha value is -2.89. The van der Waals surface area contributed by atoms with Gasteiger partial charge in [0.1, 0.15) is 43.2 Å². The molecule has 0 fully saturated rings. The van der Waals surface area contributed by atoms with Crippen molar-refractivity contribution in [3.8, 4) is 11.5 Å². The first-order chi connectivity index (χ1) is 12.1. The Balaban J connectivity index is 2.01. The van der Waals surface area contributed by atoms with Crippen molar-refractivity contribution in [2.24, 2.45) is 5.16 Å². The number of oxime groups is 1. The van der Waals surface area contributed by atoms with Gasteiger partial charge in [-0.1, -0.05) is 17.3 Å². The largest absolute Gasteiger partial charge is 0.490 e. The zero-order valence-corrected chi connectivity index (χ0v) is 15.0. The number of aromatic nitrogens is 2. The highest BCUT2D eigenvalue weighted by Crippen LogP contribution is 2.29. The Morgan fingerprint density at radius 1 is 1.08 bits per heavy atom. The lowest BCUT2D eigenvalue weighted by Gasteiger charge is -2.14. The first-order valence-corrected chi connectivity index (χ1v) is 8.01. The summed E-state index contributed by atoms with van der Waals surface area (Å²) in [6.07, 6.45) is 5.43. The minimum Gasteiger partial charge on any atom is -0.490 e. The van der Waals surface area contributed by atoms with E-state index in [0.29, 0.717) is 18.9 Å². The van der Waals surface area contributed by atoms with Gasteiger partial charge in [0, 0.05) is 0 Å². The summed E-state index contributed by atoms with van der Waals surface area (Å²) in [6, 6.07) is 7.61. The molecule has 1 aromatic heterocycles. The highest BCUT2D eigenvalue weighted by Gasteiger charge is 2.08. The van der Waals surface area contributed by atoms with Crippen LogP contribution >= 0.6 is 0 Å². The van der Waals surface area contributed by atoms with E-state index < -0.39 is 0 Å². The number of hydrogen-bond donors (Lipinski definition) is 0. The maximum Gasteiger partial charge on any atom is 0.132 e. The Morgan fingerprint density at radius 2 is 1.84 bits per heavy atom. The van der Waals surface area contributed by atoms with Crippen LogP contribution in [0.2, 0.25) is 0 Å². The third-order valence-corrected chi connectivity index (χ3v) is 3.41. The number of rotatable bonds is 8. The molecule has 0 saturated heterocycles. The lowest BCUT2D eigenvalue weighted by Crippen LogP contribution is -2.04. The lowest BCUT2D eigenvalue weighted by atomic mass is 10.1. The lowest BCUT2D eigenvalue weighted by molar-refractivity contribution is 0.215. The second-order valence-electron chi connectivity index (χ2n) is 5.42. The molecule has 0 N–H and O–H groups in total. The van der Waals surface area contributed by atoms with Crippen molar-refractivity contribution in [3.05, 3.63) is 58.9 Å². The van der Waals surface area contributed by atoms with Gasteiger partial charge in [0.05, 0.1) is 6.21 Å². The maximum absolute atomic E-state index is 5.92. The van der Waals surface area contributed by atoms with Gasteiger partial charge in [-0.05, 0) is 56.2 Å². The van der Waals surface area contributed by atoms with Crippen LogP contribution in [0.3, 0.4) is 0 Å². The minimum absolute atomic E-state index is 0.342. The van der Waals surface area contributed by atoms with E-state index in [1.165, 1.54) is 13.3 Å². The molecule has 0 radical (unpaired) electrons. The van der Waals surface area contributed by atoms with E-state index in [9.17, 15) is 0 Å². The molecule has 0 bridgehead atoms. The molecular formula is C19H23N3O3. The SMILES string of the molecule is C/C=C/COc1cc(C)c(OCc2ccc(/C=N/OC)nn2)c(C)c1. The molecule has 132 valence electrons. The monoisotopic (exact) mass is 341 g/mol. The van der Waals surface area contributed by atoms with Crippen LogP contribution in [0.1, 0.15) is 29.4 Å². The zero-order chi connectivity index (χ0) is 18.1. The van der Waals surface area contributed by atoms with Crippen molar-refractivity contribution in [1.29, 1.82) is 0 Å². The third-order valence-electron chi connectivity index (χ3n) is 3.41. The van der Waals surface area contributed by atoms with Gasteiger partial charge in [0.25, 0.3) is 0 Å². The van der Waals surface area contributed by atoms with E-state index in [2.05, 4.69) is 20.2 Å². The molecule has 0 saturated carbocycles. The van der Waals surface area contributed by atoms with Crippen LogP contribution in [-0.4, -0.2) is 30.1 Å². The van der Waals surface area contributed by atoms with Crippen LogP contribution < -0.4 is 9.47 Å². The summed E-state index contributed by atoms with van der Waals surface area (Å²) in [4.78, 5) is 4.61. The molecular weight excluding hydrogens is 318 g/mol. The topological polar surface area (TPSA) is 65.8 Å². The Kier molecular flexibility index (Phi) is 6.95. The fraction of sp³-hybridized carbons (Fsp3) is 0.316. The molecule has 0 unspecified atom stereocenters. The molecule has 1 aromatic carbocycles. The number of ether oxygens (including phenoxy) is 2. The molecule has 2 rings (SSSR count). The van der Waals surface area contributed by atoms with Gasteiger partial charge >= 0.3 is 0 Å². The summed E-state index contributed by atoms with van der Waals surface area (Å²) in [6.45, 7) is 6.87. The van der Waals surface area contributed by atoms with E-state index in [1.807, 2.05) is 57.2 Å². The second kappa shape index (κ2) is 9.42. The van der Waals surface area contributed by atoms with E-state index in [1.54, 1.807) is 0 Å². The highest BCUT2D eigenvalue weighted by atomic mass is 16.6. The fourth-order valence-corrected chi connectivity index (χ4v) is 2.23. The molecule has 6 nitrogen and oxygen atoms in total. The maximum atomic E-state index is 5.92. The van der Waals surface area contributed by atoms with Crippen LogP contribution in [-0.2, 0) is 11.4 Å². The zero-order valence-electron chi connectivity index (χ0n) is 15.0. The predicted octanol–water partition coefficient (Wildman–Crippen LogP) is 3.61. The molecule has 1 heterocycles. The molecule has 0 spiro atoms. The second-order valence-corrected chi connectivity index (χ2v) is 5.42. The third kappa shape index (κ3) is 5.60. The van der Waals surface area contributed by atoms with Gasteiger partial charge < -0.3 is 14.3 Å². The summed E-state index contributed by atoms with van der Waals surface area (Å²) in [5.41, 5.74) is 3.40. The first kappa shape index (κ1) is 18.4. The molecule has 2 aromatic rings. The summed E-state index contributed by atoms with van der Waals surface area (Å²) < 4.78 is 11.6. The van der Waals surface area contributed by atoms with Gasteiger partial charge in [-0.3, -0.25) is 0 Å². The fourth-order valence-electron chi connectivity index (χ4n) is 2.23. The molecule has 25 heavy (non-hydrogen) atoms. The summed E-state index contributed by atoms with van der Waals surface area (Å²) in [7, 11) is 1.48. The van der Waals surface area contributed by atoms with Crippen LogP contribution in [0.4, 0.5) is 0 Å². The van der Waals surface area contributed by atoms with Gasteiger partial charge in [0.15, 0.2) is 0 Å². The average molecular weight is 341 g/mol. The van der Waals surface area contributed by atoms with Crippen molar-refractivity contribution in [3.63, 3.8) is 0 Å². The molecule has 0 aliphatic carbocycles. The van der Waals surface area contributed by atoms with Gasteiger partial charge in [-0.2, -0.15) is 5.10 Å². The van der Waals surface area contributed by atoms with Crippen LogP contribution in [0, 0.1) is 13.8 Å². The Morgan fingerprint density at radius 3 is 2.44 bits per heavy atom. The molecule has 0 amide bonds. The van der Waals surface area contributed by atoms with Gasteiger partial charge in [-0.15, -0.1) is 5.10 Å². The van der Waals surface area contributed by atoms with E-state index >= 15 is 0 Å². The Labute approximate surface area is 148 Å². The van der Waals surface area contributed by atoms with Crippen molar-refractivity contribution in [2.45, 2.75) is 27.4 Å². The molecule has 0 aliphatic heterocycles. The molecule has 6 heteroatoms. The van der Waals surface area contributed by atoms with E-state index in [0.717, 1.165) is 28.3 Å². The smallest absolute Gasteiger partial charge is 0.132 e. The number of hydrogen-bond acceptors (Lipinski definition) is 6. The number of benzene rings is 1. The van der Waals surface area contributed by atoms with Crippen LogP contribution in [0.5, 0.6) is 11.5 Å². The summed E-state index contributed by atoms with van der Waals surface area (Å²) in [5, 5.41) is 11.8. The van der Waals surface area contributed by atoms with Crippen molar-refractivity contribution < 1.29 is 14.3 Å². The summed E-state index contributed by atoms with van der Waals surface area (Å²) >= 11 is 0. The normalized spacial score (nSPS) is 11.2. The number of allylic oxidation sites excluding steroid dienone is 1. The van der Waals surface area contributed by atoms with Crippen LogP contribution in [0.15, 0.2) is 41.6 Å². The van der Waals surface area contributed by atoms with Crippen molar-refractivity contribution in [1.82, 2.24) is 10.2 Å². The average Bonchev–Trinajstić information content (AvgIpc) is 2.60.